The quantitative estimate of drug-likeness (QED) is 0.866. The molecule has 1 aromatic carbocycles. The van der Waals surface area contributed by atoms with Crippen LogP contribution in [0.4, 0.5) is 18.9 Å². The standard InChI is InChI=1S/C17H21F3N2O/c1-10-6-7-12(17(18,19)20)9-14(10)22-16(23)15-8-11-4-2-3-5-13(11)21-15/h6-7,9,11,13,15,21H,2-5,8H2,1H3,(H,22,23). The van der Waals surface area contributed by atoms with Gasteiger partial charge < -0.3 is 10.6 Å². The molecule has 23 heavy (non-hydrogen) atoms. The third kappa shape index (κ3) is 3.52. The number of carbonyl (C=O) groups is 1. The van der Waals surface area contributed by atoms with E-state index < -0.39 is 11.7 Å². The van der Waals surface area contributed by atoms with Gasteiger partial charge in [0.25, 0.3) is 0 Å². The first kappa shape index (κ1) is 16.3. The van der Waals surface area contributed by atoms with Gasteiger partial charge in [-0.3, -0.25) is 4.79 Å². The van der Waals surface area contributed by atoms with Crippen molar-refractivity contribution in [2.24, 2.45) is 5.92 Å². The smallest absolute Gasteiger partial charge is 0.324 e. The molecule has 6 heteroatoms. The van der Waals surface area contributed by atoms with Crippen LogP contribution in [0.15, 0.2) is 18.2 Å². The van der Waals surface area contributed by atoms with E-state index in [9.17, 15) is 18.0 Å². The van der Waals surface area contributed by atoms with E-state index >= 15 is 0 Å². The molecule has 2 N–H and O–H groups in total. The Kier molecular flexibility index (Phi) is 4.36. The van der Waals surface area contributed by atoms with Crippen LogP contribution < -0.4 is 10.6 Å². The molecule has 3 atom stereocenters. The summed E-state index contributed by atoms with van der Waals surface area (Å²) in [5.41, 5.74) is 0.120. The van der Waals surface area contributed by atoms with E-state index in [4.69, 9.17) is 0 Å². The predicted octanol–water partition coefficient (Wildman–Crippen LogP) is 3.87. The summed E-state index contributed by atoms with van der Waals surface area (Å²) in [6, 6.07) is 3.50. The Morgan fingerprint density at radius 1 is 1.26 bits per heavy atom. The second-order valence-electron chi connectivity index (χ2n) is 6.62. The van der Waals surface area contributed by atoms with Crippen molar-refractivity contribution >= 4 is 11.6 Å². The molecule has 2 fully saturated rings. The summed E-state index contributed by atoms with van der Waals surface area (Å²) in [5, 5.41) is 6.02. The Hall–Kier alpha value is -1.56. The molecule has 1 aromatic rings. The lowest BCUT2D eigenvalue weighted by Crippen LogP contribution is -2.40. The number of hydrogen-bond donors (Lipinski definition) is 2. The van der Waals surface area contributed by atoms with Gasteiger partial charge in [0.1, 0.15) is 0 Å². The number of halogens is 3. The van der Waals surface area contributed by atoms with Gasteiger partial charge in [0.15, 0.2) is 0 Å². The molecule has 2 aliphatic rings. The van der Waals surface area contributed by atoms with Crippen LogP contribution in [0.1, 0.15) is 43.2 Å². The molecule has 1 aliphatic carbocycles. The van der Waals surface area contributed by atoms with E-state index in [1.54, 1.807) is 6.92 Å². The number of alkyl halides is 3. The van der Waals surface area contributed by atoms with Crippen molar-refractivity contribution in [2.75, 3.05) is 5.32 Å². The zero-order chi connectivity index (χ0) is 16.6. The van der Waals surface area contributed by atoms with Crippen LogP contribution in [0.3, 0.4) is 0 Å². The van der Waals surface area contributed by atoms with Crippen LogP contribution in [0, 0.1) is 12.8 Å². The van der Waals surface area contributed by atoms with Crippen LogP contribution in [0.2, 0.25) is 0 Å². The average Bonchev–Trinajstić information content (AvgIpc) is 2.92. The highest BCUT2D eigenvalue weighted by atomic mass is 19.4. The first-order valence-corrected chi connectivity index (χ1v) is 8.09. The van der Waals surface area contributed by atoms with Gasteiger partial charge in [-0.1, -0.05) is 18.9 Å². The van der Waals surface area contributed by atoms with Crippen LogP contribution in [0.5, 0.6) is 0 Å². The zero-order valence-corrected chi connectivity index (χ0v) is 13.0. The molecule has 1 saturated carbocycles. The van der Waals surface area contributed by atoms with Gasteiger partial charge in [0, 0.05) is 11.7 Å². The summed E-state index contributed by atoms with van der Waals surface area (Å²) in [5.74, 6) is 0.281. The summed E-state index contributed by atoms with van der Waals surface area (Å²) >= 11 is 0. The maximum Gasteiger partial charge on any atom is 0.416 e. The molecule has 3 rings (SSSR count). The minimum absolute atomic E-state index is 0.234. The molecule has 0 aromatic heterocycles. The monoisotopic (exact) mass is 326 g/mol. The van der Waals surface area contributed by atoms with E-state index in [2.05, 4.69) is 10.6 Å². The number of carbonyl (C=O) groups excluding carboxylic acids is 1. The number of nitrogens with one attached hydrogen (secondary N) is 2. The molecular weight excluding hydrogens is 305 g/mol. The minimum Gasteiger partial charge on any atom is -0.324 e. The summed E-state index contributed by atoms with van der Waals surface area (Å²) in [6.45, 7) is 1.69. The van der Waals surface area contributed by atoms with Gasteiger partial charge in [-0.25, -0.2) is 0 Å². The second kappa shape index (κ2) is 6.15. The van der Waals surface area contributed by atoms with Gasteiger partial charge in [-0.15, -0.1) is 0 Å². The molecule has 126 valence electrons. The molecule has 3 nitrogen and oxygen atoms in total. The third-order valence-electron chi connectivity index (χ3n) is 5.00. The van der Waals surface area contributed by atoms with E-state index in [0.717, 1.165) is 31.4 Å². The molecule has 3 unspecified atom stereocenters. The number of rotatable bonds is 2. The number of anilines is 1. The summed E-state index contributed by atoms with van der Waals surface area (Å²) in [6.07, 6.45) is 0.947. The van der Waals surface area contributed by atoms with Crippen molar-refractivity contribution < 1.29 is 18.0 Å². The summed E-state index contributed by atoms with van der Waals surface area (Å²) in [4.78, 5) is 12.4. The fourth-order valence-electron chi connectivity index (χ4n) is 3.67. The van der Waals surface area contributed by atoms with Crippen molar-refractivity contribution in [2.45, 2.75) is 57.3 Å². The average molecular weight is 326 g/mol. The molecule has 1 heterocycles. The second-order valence-corrected chi connectivity index (χ2v) is 6.62. The highest BCUT2D eigenvalue weighted by Gasteiger charge is 2.38. The highest BCUT2D eigenvalue weighted by Crippen LogP contribution is 2.34. The van der Waals surface area contributed by atoms with Crippen molar-refractivity contribution in [1.82, 2.24) is 5.32 Å². The largest absolute Gasteiger partial charge is 0.416 e. The maximum atomic E-state index is 12.8. The predicted molar refractivity (Wildman–Crippen MR) is 82.1 cm³/mol. The topological polar surface area (TPSA) is 41.1 Å². The number of fused-ring (bicyclic) bond motifs is 1. The summed E-state index contributed by atoms with van der Waals surface area (Å²) < 4.78 is 38.4. The fourth-order valence-corrected chi connectivity index (χ4v) is 3.67. The molecule has 0 bridgehead atoms. The lowest BCUT2D eigenvalue weighted by atomic mass is 9.85. The number of benzene rings is 1. The summed E-state index contributed by atoms with van der Waals surface area (Å²) in [7, 11) is 0. The lowest BCUT2D eigenvalue weighted by Gasteiger charge is -2.24. The van der Waals surface area contributed by atoms with Crippen LogP contribution in [-0.2, 0) is 11.0 Å². The van der Waals surface area contributed by atoms with E-state index in [1.807, 2.05) is 0 Å². The molecule has 1 saturated heterocycles. The lowest BCUT2D eigenvalue weighted by molar-refractivity contribution is -0.137. The Balaban J connectivity index is 1.70. The van der Waals surface area contributed by atoms with Crippen LogP contribution in [-0.4, -0.2) is 18.0 Å². The van der Waals surface area contributed by atoms with Gasteiger partial charge in [0.2, 0.25) is 5.91 Å². The maximum absolute atomic E-state index is 12.8. The van der Waals surface area contributed by atoms with Crippen molar-refractivity contribution in [3.8, 4) is 0 Å². The number of aryl methyl sites for hydroxylation is 1. The third-order valence-corrected chi connectivity index (χ3v) is 5.00. The van der Waals surface area contributed by atoms with Gasteiger partial charge in [-0.2, -0.15) is 13.2 Å². The number of amides is 1. The molecule has 1 amide bonds. The Morgan fingerprint density at radius 2 is 2.00 bits per heavy atom. The fraction of sp³-hybridized carbons (Fsp3) is 0.588. The molecule has 1 aliphatic heterocycles. The van der Waals surface area contributed by atoms with Crippen molar-refractivity contribution in [3.05, 3.63) is 29.3 Å². The number of hydrogen-bond acceptors (Lipinski definition) is 2. The first-order valence-electron chi connectivity index (χ1n) is 8.09. The van der Waals surface area contributed by atoms with Gasteiger partial charge >= 0.3 is 6.18 Å². The SMILES string of the molecule is Cc1ccc(C(F)(F)F)cc1NC(=O)C1CC2CCCCC2N1. The Labute approximate surface area is 133 Å². The Morgan fingerprint density at radius 3 is 2.70 bits per heavy atom. The van der Waals surface area contributed by atoms with Crippen LogP contribution in [0.25, 0.3) is 0 Å². The normalized spacial score (nSPS) is 27.6. The van der Waals surface area contributed by atoms with E-state index in [1.165, 1.54) is 18.9 Å². The van der Waals surface area contributed by atoms with Crippen LogP contribution >= 0.6 is 0 Å². The molecule has 0 radical (unpaired) electrons. The minimum atomic E-state index is -4.41. The highest BCUT2D eigenvalue weighted by molar-refractivity contribution is 5.95. The van der Waals surface area contributed by atoms with Crippen molar-refractivity contribution in [3.63, 3.8) is 0 Å². The molecular formula is C17H21F3N2O. The van der Waals surface area contributed by atoms with E-state index in [0.29, 0.717) is 17.5 Å². The van der Waals surface area contributed by atoms with Gasteiger partial charge in [-0.05, 0) is 49.8 Å². The van der Waals surface area contributed by atoms with Gasteiger partial charge in [0.05, 0.1) is 11.6 Å². The molecule has 0 spiro atoms. The van der Waals surface area contributed by atoms with Crippen molar-refractivity contribution in [1.29, 1.82) is 0 Å². The van der Waals surface area contributed by atoms with E-state index in [-0.39, 0.29) is 17.6 Å². The zero-order valence-electron chi connectivity index (χ0n) is 13.0. The Bertz CT molecular complexity index is 586. The first-order chi connectivity index (χ1) is 10.8.